The highest BCUT2D eigenvalue weighted by molar-refractivity contribution is 5.46. The number of nitrogens with zero attached hydrogens (tertiary/aromatic N) is 2. The van der Waals surface area contributed by atoms with Crippen molar-refractivity contribution in [3.05, 3.63) is 46.6 Å². The van der Waals surface area contributed by atoms with E-state index >= 15 is 0 Å². The van der Waals surface area contributed by atoms with E-state index in [1.807, 2.05) is 13.8 Å². The maximum atomic E-state index is 5.85. The van der Waals surface area contributed by atoms with Gasteiger partial charge in [-0.3, -0.25) is 0 Å². The van der Waals surface area contributed by atoms with E-state index in [1.165, 1.54) is 11.1 Å². The first-order valence-electron chi connectivity index (χ1n) is 6.90. The lowest BCUT2D eigenvalue weighted by Gasteiger charge is -2.10. The number of aromatic nitrogens is 2. The molecule has 0 aliphatic rings. The predicted octanol–water partition coefficient (Wildman–Crippen LogP) is 3.41. The highest BCUT2D eigenvalue weighted by atomic mass is 15.1. The Morgan fingerprint density at radius 2 is 1.75 bits per heavy atom. The standard InChI is InChI=1S/C16H22N4/c1-10(2)14-7-5-13(6-8-14)9-18-16-19-12(4)11(3)15(17)20-16/h5-8,10H,9H2,1-4H3,(H3,17,18,19,20). The molecule has 2 aromatic rings. The zero-order valence-corrected chi connectivity index (χ0v) is 12.6. The van der Waals surface area contributed by atoms with Crippen LogP contribution in [0.15, 0.2) is 24.3 Å². The minimum Gasteiger partial charge on any atom is -0.383 e. The first kappa shape index (κ1) is 14.3. The van der Waals surface area contributed by atoms with Gasteiger partial charge in [-0.2, -0.15) is 4.98 Å². The van der Waals surface area contributed by atoms with Crippen LogP contribution in [-0.4, -0.2) is 9.97 Å². The zero-order valence-electron chi connectivity index (χ0n) is 12.6. The fourth-order valence-electron chi connectivity index (χ4n) is 1.93. The van der Waals surface area contributed by atoms with Gasteiger partial charge in [0.05, 0.1) is 0 Å². The Balaban J connectivity index is 2.05. The van der Waals surface area contributed by atoms with Crippen molar-refractivity contribution in [1.29, 1.82) is 0 Å². The second kappa shape index (κ2) is 5.90. The number of nitrogens with two attached hydrogens (primary N) is 1. The Hall–Kier alpha value is -2.10. The normalized spacial score (nSPS) is 10.8. The molecular formula is C16H22N4. The third-order valence-corrected chi connectivity index (χ3v) is 3.52. The molecule has 0 fully saturated rings. The average molecular weight is 270 g/mol. The lowest BCUT2D eigenvalue weighted by molar-refractivity contribution is 0.865. The minimum atomic E-state index is 0.537. The molecule has 0 aliphatic heterocycles. The Bertz CT molecular complexity index is 565. The van der Waals surface area contributed by atoms with E-state index in [1.54, 1.807) is 0 Å². The third kappa shape index (κ3) is 3.26. The van der Waals surface area contributed by atoms with Crippen LogP contribution in [0.5, 0.6) is 0 Å². The van der Waals surface area contributed by atoms with Crippen LogP contribution in [0, 0.1) is 13.8 Å². The average Bonchev–Trinajstić information content (AvgIpc) is 2.42. The molecule has 0 saturated carbocycles. The summed E-state index contributed by atoms with van der Waals surface area (Å²) in [5, 5.41) is 3.22. The maximum Gasteiger partial charge on any atom is 0.225 e. The Morgan fingerprint density at radius 1 is 1.10 bits per heavy atom. The molecule has 4 nitrogen and oxygen atoms in total. The molecule has 0 bridgehead atoms. The van der Waals surface area contributed by atoms with Crippen molar-refractivity contribution in [3.8, 4) is 0 Å². The molecule has 0 saturated heterocycles. The molecular weight excluding hydrogens is 248 g/mol. The van der Waals surface area contributed by atoms with E-state index in [-0.39, 0.29) is 0 Å². The first-order valence-corrected chi connectivity index (χ1v) is 6.90. The fraction of sp³-hybridized carbons (Fsp3) is 0.375. The second-order valence-electron chi connectivity index (χ2n) is 5.39. The lowest BCUT2D eigenvalue weighted by atomic mass is 10.0. The summed E-state index contributed by atoms with van der Waals surface area (Å²) < 4.78 is 0. The molecule has 2 rings (SSSR count). The highest BCUT2D eigenvalue weighted by Crippen LogP contribution is 2.16. The van der Waals surface area contributed by atoms with Gasteiger partial charge in [0, 0.05) is 17.8 Å². The van der Waals surface area contributed by atoms with Gasteiger partial charge in [-0.1, -0.05) is 38.1 Å². The molecule has 0 atom stereocenters. The van der Waals surface area contributed by atoms with E-state index in [9.17, 15) is 0 Å². The molecule has 1 aromatic carbocycles. The Kier molecular flexibility index (Phi) is 4.23. The van der Waals surface area contributed by atoms with Crippen molar-refractivity contribution in [2.45, 2.75) is 40.2 Å². The van der Waals surface area contributed by atoms with E-state index in [0.29, 0.717) is 24.2 Å². The van der Waals surface area contributed by atoms with Gasteiger partial charge in [0.2, 0.25) is 5.95 Å². The Morgan fingerprint density at radius 3 is 2.30 bits per heavy atom. The van der Waals surface area contributed by atoms with Crippen LogP contribution in [0.2, 0.25) is 0 Å². The van der Waals surface area contributed by atoms with Gasteiger partial charge in [-0.15, -0.1) is 0 Å². The first-order chi connectivity index (χ1) is 9.47. The summed E-state index contributed by atoms with van der Waals surface area (Å²) in [6.45, 7) is 8.95. The number of nitrogens with one attached hydrogen (secondary N) is 1. The van der Waals surface area contributed by atoms with E-state index in [4.69, 9.17) is 5.73 Å². The van der Waals surface area contributed by atoms with E-state index in [0.717, 1.165) is 11.3 Å². The molecule has 1 heterocycles. The molecule has 0 aliphatic carbocycles. The van der Waals surface area contributed by atoms with Crippen LogP contribution in [-0.2, 0) is 6.54 Å². The maximum absolute atomic E-state index is 5.85. The van der Waals surface area contributed by atoms with Crippen LogP contribution < -0.4 is 11.1 Å². The smallest absolute Gasteiger partial charge is 0.225 e. The molecule has 3 N–H and O–H groups in total. The number of hydrogen-bond acceptors (Lipinski definition) is 4. The molecule has 0 unspecified atom stereocenters. The molecule has 4 heteroatoms. The number of anilines is 2. The summed E-state index contributed by atoms with van der Waals surface area (Å²) in [5.41, 5.74) is 10.3. The van der Waals surface area contributed by atoms with Crippen molar-refractivity contribution in [2.75, 3.05) is 11.1 Å². The van der Waals surface area contributed by atoms with Gasteiger partial charge in [0.1, 0.15) is 5.82 Å². The number of rotatable bonds is 4. The topological polar surface area (TPSA) is 63.8 Å². The molecule has 0 amide bonds. The third-order valence-electron chi connectivity index (χ3n) is 3.52. The second-order valence-corrected chi connectivity index (χ2v) is 5.39. The van der Waals surface area contributed by atoms with Gasteiger partial charge in [-0.25, -0.2) is 4.98 Å². The number of benzene rings is 1. The summed E-state index contributed by atoms with van der Waals surface area (Å²) in [7, 11) is 0. The van der Waals surface area contributed by atoms with Crippen molar-refractivity contribution in [1.82, 2.24) is 9.97 Å². The molecule has 0 radical (unpaired) electrons. The highest BCUT2D eigenvalue weighted by Gasteiger charge is 2.05. The van der Waals surface area contributed by atoms with Crippen molar-refractivity contribution >= 4 is 11.8 Å². The monoisotopic (exact) mass is 270 g/mol. The minimum absolute atomic E-state index is 0.537. The zero-order chi connectivity index (χ0) is 14.7. The van der Waals surface area contributed by atoms with Gasteiger partial charge in [-0.05, 0) is 30.9 Å². The van der Waals surface area contributed by atoms with Crippen LogP contribution in [0.25, 0.3) is 0 Å². The van der Waals surface area contributed by atoms with Crippen molar-refractivity contribution < 1.29 is 0 Å². The lowest BCUT2D eigenvalue weighted by Crippen LogP contribution is -2.08. The number of aryl methyl sites for hydroxylation is 1. The largest absolute Gasteiger partial charge is 0.383 e. The molecule has 20 heavy (non-hydrogen) atoms. The van der Waals surface area contributed by atoms with Crippen LogP contribution in [0.3, 0.4) is 0 Å². The quantitative estimate of drug-likeness (QED) is 0.893. The molecule has 1 aromatic heterocycles. The van der Waals surface area contributed by atoms with Crippen LogP contribution in [0.4, 0.5) is 11.8 Å². The fourth-order valence-corrected chi connectivity index (χ4v) is 1.93. The number of hydrogen-bond donors (Lipinski definition) is 2. The number of nitrogen functional groups attached to an aromatic ring is 1. The summed E-state index contributed by atoms with van der Waals surface area (Å²) in [4.78, 5) is 8.64. The van der Waals surface area contributed by atoms with Gasteiger partial charge < -0.3 is 11.1 Å². The van der Waals surface area contributed by atoms with Crippen molar-refractivity contribution in [2.24, 2.45) is 0 Å². The SMILES string of the molecule is Cc1nc(NCc2ccc(C(C)C)cc2)nc(N)c1C. The summed E-state index contributed by atoms with van der Waals surface area (Å²) in [5.74, 6) is 1.67. The van der Waals surface area contributed by atoms with Gasteiger partial charge in [0.15, 0.2) is 0 Å². The van der Waals surface area contributed by atoms with Crippen LogP contribution >= 0.6 is 0 Å². The van der Waals surface area contributed by atoms with E-state index < -0.39 is 0 Å². The summed E-state index contributed by atoms with van der Waals surface area (Å²) in [6, 6.07) is 8.59. The molecule has 106 valence electrons. The van der Waals surface area contributed by atoms with Gasteiger partial charge >= 0.3 is 0 Å². The summed E-state index contributed by atoms with van der Waals surface area (Å²) >= 11 is 0. The van der Waals surface area contributed by atoms with E-state index in [2.05, 4.69) is 53.4 Å². The van der Waals surface area contributed by atoms with Gasteiger partial charge in [0.25, 0.3) is 0 Å². The van der Waals surface area contributed by atoms with Crippen molar-refractivity contribution in [3.63, 3.8) is 0 Å². The summed E-state index contributed by atoms with van der Waals surface area (Å²) in [6.07, 6.45) is 0. The molecule has 0 spiro atoms. The Labute approximate surface area is 120 Å². The predicted molar refractivity (Wildman–Crippen MR) is 83.8 cm³/mol. The van der Waals surface area contributed by atoms with Crippen LogP contribution in [0.1, 0.15) is 42.1 Å².